The molecule has 2 rings (SSSR count). The van der Waals surface area contributed by atoms with Crippen LogP contribution >= 0.6 is 0 Å². The number of benzene rings is 1. The maximum absolute atomic E-state index is 13.1. The summed E-state index contributed by atoms with van der Waals surface area (Å²) < 4.78 is 13.1. The second-order valence-corrected chi connectivity index (χ2v) is 5.25. The summed E-state index contributed by atoms with van der Waals surface area (Å²) in [6.07, 6.45) is 4.22. The van der Waals surface area contributed by atoms with Crippen molar-refractivity contribution in [1.29, 1.82) is 0 Å². The molecule has 0 atom stereocenters. The highest BCUT2D eigenvalue weighted by Crippen LogP contribution is 2.20. The number of hydrazine groups is 1. The van der Waals surface area contributed by atoms with Crippen molar-refractivity contribution in [2.24, 2.45) is 11.6 Å². The predicted octanol–water partition coefficient (Wildman–Crippen LogP) is 1.15. The van der Waals surface area contributed by atoms with Gasteiger partial charge in [0.05, 0.1) is 11.4 Å². The molecule has 0 aliphatic carbocycles. The van der Waals surface area contributed by atoms with Crippen LogP contribution in [0.4, 0.5) is 4.39 Å². The van der Waals surface area contributed by atoms with E-state index < -0.39 is 0 Å². The molecule has 8 heteroatoms. The van der Waals surface area contributed by atoms with E-state index in [0.29, 0.717) is 28.3 Å². The van der Waals surface area contributed by atoms with Crippen LogP contribution in [-0.4, -0.2) is 27.9 Å². The molecule has 130 valence electrons. The first-order valence-electron chi connectivity index (χ1n) is 7.38. The molecule has 0 spiro atoms. The number of carbonyl (C=O) groups is 1. The molecule has 1 amide bonds. The minimum Gasteiger partial charge on any atom is -0.396 e. The third-order valence-electron chi connectivity index (χ3n) is 3.22. The van der Waals surface area contributed by atoms with E-state index in [4.69, 9.17) is 11.6 Å². The first-order valence-corrected chi connectivity index (χ1v) is 7.38. The molecular formula is C17H19FN6O. The molecule has 2 aromatic rings. The number of hydrogen-bond donors (Lipinski definition) is 3. The highest BCUT2D eigenvalue weighted by Gasteiger charge is 2.12. The Kier molecular flexibility index (Phi) is 5.80. The molecule has 1 heterocycles. The Labute approximate surface area is 144 Å². The van der Waals surface area contributed by atoms with Crippen molar-refractivity contribution in [2.75, 3.05) is 7.05 Å². The molecule has 0 unspecified atom stereocenters. The minimum atomic E-state index is -0.350. The van der Waals surface area contributed by atoms with Crippen LogP contribution in [0.3, 0.4) is 0 Å². The van der Waals surface area contributed by atoms with Gasteiger partial charge in [0, 0.05) is 37.1 Å². The van der Waals surface area contributed by atoms with Crippen molar-refractivity contribution < 1.29 is 9.18 Å². The van der Waals surface area contributed by atoms with Crippen LogP contribution in [-0.2, 0) is 11.3 Å². The van der Waals surface area contributed by atoms with Gasteiger partial charge >= 0.3 is 0 Å². The van der Waals surface area contributed by atoms with Gasteiger partial charge in [-0.2, -0.15) is 0 Å². The Hall–Kier alpha value is -3.26. The number of hydrogen-bond acceptors (Lipinski definition) is 6. The van der Waals surface area contributed by atoms with Gasteiger partial charge in [-0.15, -0.1) is 0 Å². The Balaban J connectivity index is 2.44. The monoisotopic (exact) mass is 342 g/mol. The first kappa shape index (κ1) is 18.1. The van der Waals surface area contributed by atoms with Crippen LogP contribution < -0.4 is 16.9 Å². The van der Waals surface area contributed by atoms with E-state index in [9.17, 15) is 9.18 Å². The van der Waals surface area contributed by atoms with Crippen LogP contribution in [0.15, 0.2) is 49.3 Å². The lowest BCUT2D eigenvalue weighted by Crippen LogP contribution is -2.23. The van der Waals surface area contributed by atoms with Gasteiger partial charge in [-0.1, -0.05) is 6.58 Å². The Morgan fingerprint density at radius 2 is 2.08 bits per heavy atom. The van der Waals surface area contributed by atoms with Crippen molar-refractivity contribution in [3.8, 4) is 11.4 Å². The predicted molar refractivity (Wildman–Crippen MR) is 93.6 cm³/mol. The molecule has 25 heavy (non-hydrogen) atoms. The number of nitrogens with two attached hydrogens (primary N) is 2. The van der Waals surface area contributed by atoms with E-state index in [1.165, 1.54) is 29.4 Å². The van der Waals surface area contributed by atoms with Crippen molar-refractivity contribution >= 4 is 11.6 Å². The second kappa shape index (κ2) is 8.02. The SMILES string of the molecule is C=CC(=O)NCc1cnc(-c2ccc(F)cc2)nc1/C(N)=C/N(C)N. The Morgan fingerprint density at radius 3 is 2.68 bits per heavy atom. The summed E-state index contributed by atoms with van der Waals surface area (Å²) in [5, 5.41) is 3.94. The fourth-order valence-electron chi connectivity index (χ4n) is 2.06. The number of carbonyl (C=O) groups excluding carboxylic acids is 1. The summed E-state index contributed by atoms with van der Waals surface area (Å²) in [4.78, 5) is 20.1. The molecule has 1 aromatic carbocycles. The number of amides is 1. The molecule has 0 aliphatic heterocycles. The van der Waals surface area contributed by atoms with Gasteiger partial charge in [0.25, 0.3) is 0 Å². The summed E-state index contributed by atoms with van der Waals surface area (Å²) in [7, 11) is 1.62. The molecule has 0 bridgehead atoms. The molecule has 0 saturated carbocycles. The smallest absolute Gasteiger partial charge is 0.243 e. The summed E-state index contributed by atoms with van der Waals surface area (Å²) in [6, 6.07) is 5.79. The fourth-order valence-corrected chi connectivity index (χ4v) is 2.06. The van der Waals surface area contributed by atoms with Gasteiger partial charge in [-0.3, -0.25) is 4.79 Å². The number of nitrogens with zero attached hydrogens (tertiary/aromatic N) is 3. The van der Waals surface area contributed by atoms with E-state index in [2.05, 4.69) is 21.9 Å². The van der Waals surface area contributed by atoms with Gasteiger partial charge in [0.15, 0.2) is 5.82 Å². The van der Waals surface area contributed by atoms with E-state index in [-0.39, 0.29) is 18.3 Å². The Morgan fingerprint density at radius 1 is 1.40 bits per heavy atom. The van der Waals surface area contributed by atoms with E-state index in [1.807, 2.05) is 0 Å². The average Bonchev–Trinajstić information content (AvgIpc) is 2.59. The molecule has 0 saturated heterocycles. The van der Waals surface area contributed by atoms with Crippen LogP contribution in [0.1, 0.15) is 11.3 Å². The molecular weight excluding hydrogens is 323 g/mol. The normalized spacial score (nSPS) is 11.1. The van der Waals surface area contributed by atoms with Crippen LogP contribution in [0.5, 0.6) is 0 Å². The lowest BCUT2D eigenvalue weighted by molar-refractivity contribution is -0.116. The largest absolute Gasteiger partial charge is 0.396 e. The maximum Gasteiger partial charge on any atom is 0.243 e. The molecule has 0 aliphatic rings. The highest BCUT2D eigenvalue weighted by atomic mass is 19.1. The lowest BCUT2D eigenvalue weighted by atomic mass is 10.1. The van der Waals surface area contributed by atoms with E-state index in [0.717, 1.165) is 0 Å². The average molecular weight is 342 g/mol. The van der Waals surface area contributed by atoms with Crippen molar-refractivity contribution in [3.63, 3.8) is 0 Å². The minimum absolute atomic E-state index is 0.173. The molecule has 0 fully saturated rings. The zero-order valence-electron chi connectivity index (χ0n) is 13.7. The third kappa shape index (κ3) is 4.85. The van der Waals surface area contributed by atoms with Crippen LogP contribution in [0.25, 0.3) is 17.1 Å². The second-order valence-electron chi connectivity index (χ2n) is 5.25. The van der Waals surface area contributed by atoms with Gasteiger partial charge in [-0.05, 0) is 30.3 Å². The molecule has 7 nitrogen and oxygen atoms in total. The number of rotatable bonds is 6. The summed E-state index contributed by atoms with van der Waals surface area (Å²) in [5.74, 6) is 5.30. The van der Waals surface area contributed by atoms with Crippen LogP contribution in [0, 0.1) is 5.82 Å². The van der Waals surface area contributed by atoms with Gasteiger partial charge < -0.3 is 16.1 Å². The van der Waals surface area contributed by atoms with Crippen molar-refractivity contribution in [2.45, 2.75) is 6.54 Å². The van der Waals surface area contributed by atoms with E-state index >= 15 is 0 Å². The van der Waals surface area contributed by atoms with Gasteiger partial charge in [-0.25, -0.2) is 20.2 Å². The first-order chi connectivity index (χ1) is 11.9. The fraction of sp³-hybridized carbons (Fsp3) is 0.118. The Bertz CT molecular complexity index is 801. The molecule has 5 N–H and O–H groups in total. The summed E-state index contributed by atoms with van der Waals surface area (Å²) in [6.45, 7) is 3.57. The molecule has 1 aromatic heterocycles. The van der Waals surface area contributed by atoms with Gasteiger partial charge in [0.1, 0.15) is 5.82 Å². The van der Waals surface area contributed by atoms with Crippen molar-refractivity contribution in [3.05, 3.63) is 66.4 Å². The molecule has 0 radical (unpaired) electrons. The quantitative estimate of drug-likeness (QED) is 0.413. The van der Waals surface area contributed by atoms with E-state index in [1.54, 1.807) is 25.4 Å². The number of nitrogens with one attached hydrogen (secondary N) is 1. The third-order valence-corrected chi connectivity index (χ3v) is 3.22. The zero-order valence-corrected chi connectivity index (χ0v) is 13.7. The van der Waals surface area contributed by atoms with Crippen molar-refractivity contribution in [1.82, 2.24) is 20.3 Å². The number of halogens is 1. The van der Waals surface area contributed by atoms with Crippen LogP contribution in [0.2, 0.25) is 0 Å². The zero-order chi connectivity index (χ0) is 18.4. The maximum atomic E-state index is 13.1. The summed E-state index contributed by atoms with van der Waals surface area (Å²) >= 11 is 0. The highest BCUT2D eigenvalue weighted by molar-refractivity contribution is 5.86. The summed E-state index contributed by atoms with van der Waals surface area (Å²) in [5.41, 5.74) is 8.04. The number of aromatic nitrogens is 2. The lowest BCUT2D eigenvalue weighted by Gasteiger charge is -2.13. The van der Waals surface area contributed by atoms with Gasteiger partial charge in [0.2, 0.25) is 5.91 Å². The topological polar surface area (TPSA) is 110 Å². The standard InChI is InChI=1S/C17H19FN6O/c1-3-15(25)21-8-12-9-22-17(11-4-6-13(18)7-5-11)23-16(12)14(19)10-24(2)20/h3-7,9-10H,1,8,19-20H2,2H3,(H,21,25)/b14-10-.